The molecule has 0 radical (unpaired) electrons. The average molecular weight is 497 g/mol. The number of fused-ring (bicyclic) bond motifs is 1. The van der Waals surface area contributed by atoms with E-state index in [-0.39, 0.29) is 0 Å². The van der Waals surface area contributed by atoms with Gasteiger partial charge in [0.05, 0.1) is 28.2 Å². The second kappa shape index (κ2) is 9.51. The van der Waals surface area contributed by atoms with Crippen LogP contribution in [0.25, 0.3) is 33.5 Å². The molecule has 4 aromatic carbocycles. The number of aromatic amines is 1. The Bertz CT molecular complexity index is 1630. The number of hydrogen-bond acceptors (Lipinski definition) is 3. The highest BCUT2D eigenvalue weighted by atomic mass is 19.4. The molecule has 9 heteroatoms. The van der Waals surface area contributed by atoms with E-state index in [0.29, 0.717) is 33.8 Å². The molecule has 0 unspecified atom stereocenters. The number of alkyl halides is 3. The zero-order valence-electron chi connectivity index (χ0n) is 19.1. The van der Waals surface area contributed by atoms with Crippen molar-refractivity contribution in [2.45, 2.75) is 6.18 Å². The summed E-state index contributed by atoms with van der Waals surface area (Å²) in [6.07, 6.45) is -4.42. The lowest BCUT2D eigenvalue weighted by molar-refractivity contribution is -0.137. The predicted octanol–water partition coefficient (Wildman–Crippen LogP) is 7.43. The van der Waals surface area contributed by atoms with Gasteiger partial charge in [-0.2, -0.15) is 18.4 Å². The third-order valence-electron chi connectivity index (χ3n) is 5.69. The van der Waals surface area contributed by atoms with Gasteiger partial charge in [0, 0.05) is 16.9 Å². The molecule has 3 N–H and O–H groups in total. The molecular formula is C28H18F3N5O. The summed E-state index contributed by atoms with van der Waals surface area (Å²) in [5.41, 5.74) is 4.17. The van der Waals surface area contributed by atoms with Gasteiger partial charge in [0.25, 0.3) is 0 Å². The Hall–Kier alpha value is -5.10. The molecule has 6 nitrogen and oxygen atoms in total. The van der Waals surface area contributed by atoms with Crippen molar-refractivity contribution in [2.24, 2.45) is 0 Å². The summed E-state index contributed by atoms with van der Waals surface area (Å²) in [4.78, 5) is 19.6. The standard InChI is InChI=1S/C28H18F3N5O/c29-28(30,31)21-10-13-24-25(15-21)36-26(35-24)20-6-4-18(5-7-20)19-8-11-22(12-9-19)33-27(37)34-23-3-1-2-17(14-23)16-32/h1-15H,(H,35,36)(H2,33,34,37). The molecule has 182 valence electrons. The smallest absolute Gasteiger partial charge is 0.338 e. The van der Waals surface area contributed by atoms with Gasteiger partial charge in [-0.3, -0.25) is 0 Å². The van der Waals surface area contributed by atoms with Crippen LogP contribution < -0.4 is 10.6 Å². The maximum absolute atomic E-state index is 13.0. The lowest BCUT2D eigenvalue weighted by atomic mass is 10.0. The van der Waals surface area contributed by atoms with Crippen molar-refractivity contribution in [3.8, 4) is 28.6 Å². The predicted molar refractivity (Wildman–Crippen MR) is 136 cm³/mol. The van der Waals surface area contributed by atoms with E-state index in [0.717, 1.165) is 28.8 Å². The maximum atomic E-state index is 13.0. The topological polar surface area (TPSA) is 93.6 Å². The van der Waals surface area contributed by atoms with Gasteiger partial charge in [-0.05, 0) is 59.7 Å². The number of nitrogens with zero attached hydrogens (tertiary/aromatic N) is 2. The number of hydrogen-bond donors (Lipinski definition) is 3. The Morgan fingerprint density at radius 3 is 2.14 bits per heavy atom. The van der Waals surface area contributed by atoms with Crippen molar-refractivity contribution in [3.63, 3.8) is 0 Å². The average Bonchev–Trinajstić information content (AvgIpc) is 3.32. The van der Waals surface area contributed by atoms with Gasteiger partial charge in [0.15, 0.2) is 0 Å². The van der Waals surface area contributed by atoms with Crippen molar-refractivity contribution >= 4 is 28.4 Å². The van der Waals surface area contributed by atoms with Crippen molar-refractivity contribution < 1.29 is 18.0 Å². The number of halogens is 3. The SMILES string of the molecule is N#Cc1cccc(NC(=O)Nc2ccc(-c3ccc(-c4nc5ccc(C(F)(F)F)cc5[nH]4)cc3)cc2)c1. The summed E-state index contributed by atoms with van der Waals surface area (Å²) in [7, 11) is 0. The Kier molecular flexibility index (Phi) is 6.07. The van der Waals surface area contributed by atoms with Crippen LogP contribution >= 0.6 is 0 Å². The molecule has 0 fully saturated rings. The molecule has 0 spiro atoms. The van der Waals surface area contributed by atoms with Crippen LogP contribution in [0, 0.1) is 11.3 Å². The highest BCUT2D eigenvalue weighted by Gasteiger charge is 2.30. The van der Waals surface area contributed by atoms with Crippen LogP contribution in [0.15, 0.2) is 91.0 Å². The van der Waals surface area contributed by atoms with E-state index in [1.807, 2.05) is 42.5 Å². The number of benzene rings is 4. The molecule has 5 rings (SSSR count). The fraction of sp³-hybridized carbons (Fsp3) is 0.0357. The molecule has 0 aliphatic carbocycles. The number of nitriles is 1. The summed E-state index contributed by atoms with van der Waals surface area (Å²) in [5.74, 6) is 0.478. The first-order valence-electron chi connectivity index (χ1n) is 11.1. The van der Waals surface area contributed by atoms with E-state index < -0.39 is 17.8 Å². The normalized spacial score (nSPS) is 11.2. The number of H-pyrrole nitrogens is 1. The lowest BCUT2D eigenvalue weighted by Gasteiger charge is -2.09. The number of imidazole rings is 1. The van der Waals surface area contributed by atoms with Gasteiger partial charge in [0.1, 0.15) is 5.82 Å². The molecular weight excluding hydrogens is 479 g/mol. The summed E-state index contributed by atoms with van der Waals surface area (Å²) in [5, 5.41) is 14.4. The van der Waals surface area contributed by atoms with Crippen molar-refractivity contribution in [3.05, 3.63) is 102 Å². The van der Waals surface area contributed by atoms with Crippen LogP contribution in [0.5, 0.6) is 0 Å². The number of nitrogens with one attached hydrogen (secondary N) is 3. The minimum Gasteiger partial charge on any atom is -0.338 e. The molecule has 5 aromatic rings. The zero-order chi connectivity index (χ0) is 26.0. The summed E-state index contributed by atoms with van der Waals surface area (Å²) in [6, 6.07) is 26.4. The molecule has 0 saturated carbocycles. The van der Waals surface area contributed by atoms with E-state index in [4.69, 9.17) is 5.26 Å². The quantitative estimate of drug-likeness (QED) is 0.241. The minimum absolute atomic E-state index is 0.318. The first-order valence-corrected chi connectivity index (χ1v) is 11.1. The van der Waals surface area contributed by atoms with Crippen LogP contribution in [0.3, 0.4) is 0 Å². The summed E-state index contributed by atoms with van der Waals surface area (Å²) < 4.78 is 39.0. The van der Waals surface area contributed by atoms with E-state index in [2.05, 4.69) is 20.6 Å². The fourth-order valence-electron chi connectivity index (χ4n) is 3.85. The van der Waals surface area contributed by atoms with Crippen molar-refractivity contribution in [2.75, 3.05) is 10.6 Å². The van der Waals surface area contributed by atoms with Gasteiger partial charge >= 0.3 is 12.2 Å². The van der Waals surface area contributed by atoms with Crippen molar-refractivity contribution in [1.29, 1.82) is 5.26 Å². The van der Waals surface area contributed by atoms with Crippen LogP contribution in [-0.2, 0) is 6.18 Å². The number of amides is 2. The number of urea groups is 1. The molecule has 2 amide bonds. The van der Waals surface area contributed by atoms with E-state index >= 15 is 0 Å². The highest BCUT2D eigenvalue weighted by molar-refractivity contribution is 6.00. The first-order chi connectivity index (χ1) is 17.8. The number of rotatable bonds is 4. The second-order valence-corrected chi connectivity index (χ2v) is 8.24. The van der Waals surface area contributed by atoms with Gasteiger partial charge in [-0.1, -0.05) is 42.5 Å². The molecule has 0 aliphatic rings. The summed E-state index contributed by atoms with van der Waals surface area (Å²) >= 11 is 0. The third kappa shape index (κ3) is 5.28. The van der Waals surface area contributed by atoms with E-state index in [9.17, 15) is 18.0 Å². The lowest BCUT2D eigenvalue weighted by Crippen LogP contribution is -2.19. The van der Waals surface area contributed by atoms with Gasteiger partial charge in [-0.25, -0.2) is 9.78 Å². The molecule has 1 heterocycles. The Morgan fingerprint density at radius 2 is 1.46 bits per heavy atom. The first kappa shape index (κ1) is 23.6. The molecule has 0 atom stereocenters. The molecule has 37 heavy (non-hydrogen) atoms. The molecule has 0 bridgehead atoms. The van der Waals surface area contributed by atoms with Crippen molar-refractivity contribution in [1.82, 2.24) is 9.97 Å². The Morgan fingerprint density at radius 1 is 0.811 bits per heavy atom. The number of anilines is 2. The maximum Gasteiger partial charge on any atom is 0.416 e. The molecule has 1 aromatic heterocycles. The van der Waals surface area contributed by atoms with Crippen LogP contribution in [0.4, 0.5) is 29.3 Å². The molecule has 0 aliphatic heterocycles. The second-order valence-electron chi connectivity index (χ2n) is 8.24. The van der Waals surface area contributed by atoms with Gasteiger partial charge < -0.3 is 15.6 Å². The van der Waals surface area contributed by atoms with E-state index in [1.165, 1.54) is 6.07 Å². The van der Waals surface area contributed by atoms with E-state index in [1.54, 1.807) is 36.4 Å². The minimum atomic E-state index is -4.42. The van der Waals surface area contributed by atoms with Crippen LogP contribution in [0.2, 0.25) is 0 Å². The monoisotopic (exact) mass is 497 g/mol. The molecule has 0 saturated heterocycles. The van der Waals surface area contributed by atoms with Gasteiger partial charge in [-0.15, -0.1) is 0 Å². The fourth-order valence-corrected chi connectivity index (χ4v) is 3.85. The zero-order valence-corrected chi connectivity index (χ0v) is 19.1. The number of aromatic nitrogens is 2. The summed E-state index contributed by atoms with van der Waals surface area (Å²) in [6.45, 7) is 0. The van der Waals surface area contributed by atoms with Gasteiger partial charge in [0.2, 0.25) is 0 Å². The highest BCUT2D eigenvalue weighted by Crippen LogP contribution is 2.32. The Balaban J connectivity index is 1.27. The van der Waals surface area contributed by atoms with Crippen LogP contribution in [0.1, 0.15) is 11.1 Å². The third-order valence-corrected chi connectivity index (χ3v) is 5.69. The largest absolute Gasteiger partial charge is 0.416 e. The Labute approximate surface area is 209 Å². The van der Waals surface area contributed by atoms with Crippen LogP contribution in [-0.4, -0.2) is 16.0 Å². The number of carbonyl (C=O) groups is 1. The number of carbonyl (C=O) groups excluding carboxylic acids is 1.